The van der Waals surface area contributed by atoms with Crippen LogP contribution in [0.3, 0.4) is 0 Å². The van der Waals surface area contributed by atoms with Crippen LogP contribution in [0.2, 0.25) is 0 Å². The van der Waals surface area contributed by atoms with Crippen molar-refractivity contribution in [2.24, 2.45) is 11.7 Å². The van der Waals surface area contributed by atoms with Gasteiger partial charge in [0, 0.05) is 10.5 Å². The average molecular weight is 394 g/mol. The SMILES string of the molecule is COc1cc(NC(=O)[C@@H](N)CC(C)C)c(Br)cc1Br. The summed E-state index contributed by atoms with van der Waals surface area (Å²) in [6, 6.07) is 3.05. The lowest BCUT2D eigenvalue weighted by atomic mass is 10.0. The number of halogens is 2. The van der Waals surface area contributed by atoms with Gasteiger partial charge in [-0.25, -0.2) is 0 Å². The Hall–Kier alpha value is -0.590. The number of hydrogen-bond acceptors (Lipinski definition) is 3. The number of amides is 1. The van der Waals surface area contributed by atoms with Gasteiger partial charge in [-0.15, -0.1) is 0 Å². The van der Waals surface area contributed by atoms with Crippen molar-refractivity contribution < 1.29 is 9.53 Å². The number of methoxy groups -OCH3 is 1. The van der Waals surface area contributed by atoms with Gasteiger partial charge in [-0.2, -0.15) is 0 Å². The minimum Gasteiger partial charge on any atom is -0.495 e. The summed E-state index contributed by atoms with van der Waals surface area (Å²) >= 11 is 6.77. The van der Waals surface area contributed by atoms with Gasteiger partial charge in [0.1, 0.15) is 5.75 Å². The molecule has 19 heavy (non-hydrogen) atoms. The molecule has 0 aromatic heterocycles. The van der Waals surface area contributed by atoms with E-state index in [4.69, 9.17) is 10.5 Å². The van der Waals surface area contributed by atoms with Crippen LogP contribution in [0.5, 0.6) is 5.75 Å². The second-order valence-corrected chi connectivity index (χ2v) is 6.40. The third kappa shape index (κ3) is 4.78. The molecule has 1 rings (SSSR count). The number of rotatable bonds is 5. The fraction of sp³-hybridized carbons (Fsp3) is 0.462. The molecule has 0 spiro atoms. The van der Waals surface area contributed by atoms with E-state index in [1.165, 1.54) is 0 Å². The minimum atomic E-state index is -0.512. The smallest absolute Gasteiger partial charge is 0.241 e. The van der Waals surface area contributed by atoms with E-state index < -0.39 is 6.04 Å². The molecule has 0 bridgehead atoms. The van der Waals surface area contributed by atoms with Gasteiger partial charge in [-0.05, 0) is 50.3 Å². The molecule has 0 aliphatic rings. The summed E-state index contributed by atoms with van der Waals surface area (Å²) in [7, 11) is 1.57. The molecule has 0 radical (unpaired) electrons. The summed E-state index contributed by atoms with van der Waals surface area (Å²) in [5.41, 5.74) is 6.49. The van der Waals surface area contributed by atoms with Crippen LogP contribution in [0.1, 0.15) is 20.3 Å². The van der Waals surface area contributed by atoms with Gasteiger partial charge in [0.05, 0.1) is 23.3 Å². The lowest BCUT2D eigenvalue weighted by Crippen LogP contribution is -2.36. The van der Waals surface area contributed by atoms with Gasteiger partial charge in [0.2, 0.25) is 5.91 Å². The number of ether oxygens (including phenoxy) is 1. The standard InChI is InChI=1S/C13H18Br2N2O2/c1-7(2)4-10(16)13(18)17-11-6-12(19-3)9(15)5-8(11)14/h5-7,10H,4,16H2,1-3H3,(H,17,18)/t10-/m0/s1. The van der Waals surface area contributed by atoms with Crippen LogP contribution in [-0.2, 0) is 4.79 Å². The molecule has 0 heterocycles. The van der Waals surface area contributed by atoms with E-state index in [0.717, 1.165) is 8.95 Å². The lowest BCUT2D eigenvalue weighted by molar-refractivity contribution is -0.117. The van der Waals surface area contributed by atoms with E-state index in [1.54, 1.807) is 13.2 Å². The van der Waals surface area contributed by atoms with E-state index in [-0.39, 0.29) is 5.91 Å². The average Bonchev–Trinajstić information content (AvgIpc) is 2.31. The molecule has 4 nitrogen and oxygen atoms in total. The Labute approximate surface area is 130 Å². The van der Waals surface area contributed by atoms with Gasteiger partial charge >= 0.3 is 0 Å². The number of anilines is 1. The Balaban J connectivity index is 2.84. The number of hydrogen-bond donors (Lipinski definition) is 2. The Morgan fingerprint density at radius 2 is 2.00 bits per heavy atom. The van der Waals surface area contributed by atoms with Crippen molar-refractivity contribution in [1.29, 1.82) is 0 Å². The van der Waals surface area contributed by atoms with Crippen molar-refractivity contribution in [3.8, 4) is 5.75 Å². The van der Waals surface area contributed by atoms with E-state index in [2.05, 4.69) is 37.2 Å². The fourth-order valence-electron chi connectivity index (χ4n) is 1.62. The molecule has 1 amide bonds. The Morgan fingerprint density at radius 3 is 2.53 bits per heavy atom. The lowest BCUT2D eigenvalue weighted by Gasteiger charge is -2.16. The maximum absolute atomic E-state index is 12.0. The predicted molar refractivity (Wildman–Crippen MR) is 84.5 cm³/mol. The summed E-state index contributed by atoms with van der Waals surface area (Å²) in [4.78, 5) is 12.0. The molecule has 0 saturated carbocycles. The molecule has 0 fully saturated rings. The number of benzene rings is 1. The topological polar surface area (TPSA) is 64.3 Å². The third-order valence-corrected chi connectivity index (χ3v) is 3.84. The van der Waals surface area contributed by atoms with Crippen molar-refractivity contribution in [2.75, 3.05) is 12.4 Å². The zero-order valence-corrected chi connectivity index (χ0v) is 14.3. The molecule has 0 unspecified atom stereocenters. The van der Waals surface area contributed by atoms with Crippen molar-refractivity contribution in [1.82, 2.24) is 0 Å². The van der Waals surface area contributed by atoms with Crippen LogP contribution >= 0.6 is 31.9 Å². The van der Waals surface area contributed by atoms with E-state index in [0.29, 0.717) is 23.8 Å². The molecule has 0 aliphatic carbocycles. The van der Waals surface area contributed by atoms with Crippen LogP contribution in [0.4, 0.5) is 5.69 Å². The normalized spacial score (nSPS) is 12.4. The van der Waals surface area contributed by atoms with Crippen molar-refractivity contribution in [3.63, 3.8) is 0 Å². The van der Waals surface area contributed by atoms with Crippen molar-refractivity contribution in [2.45, 2.75) is 26.3 Å². The zero-order chi connectivity index (χ0) is 14.6. The van der Waals surface area contributed by atoms with Crippen LogP contribution in [0.15, 0.2) is 21.1 Å². The van der Waals surface area contributed by atoms with Gasteiger partial charge in [-0.3, -0.25) is 4.79 Å². The van der Waals surface area contributed by atoms with Crippen molar-refractivity contribution in [3.05, 3.63) is 21.1 Å². The molecular weight excluding hydrogens is 376 g/mol. The van der Waals surface area contributed by atoms with Crippen LogP contribution in [-0.4, -0.2) is 19.1 Å². The second-order valence-electron chi connectivity index (χ2n) is 4.69. The number of nitrogens with one attached hydrogen (secondary N) is 1. The molecule has 106 valence electrons. The Bertz CT molecular complexity index is 464. The van der Waals surface area contributed by atoms with Gasteiger partial charge in [-0.1, -0.05) is 13.8 Å². The molecule has 6 heteroatoms. The molecule has 3 N–H and O–H groups in total. The van der Waals surface area contributed by atoms with E-state index in [1.807, 2.05) is 19.9 Å². The summed E-state index contributed by atoms with van der Waals surface area (Å²) in [6.07, 6.45) is 0.650. The van der Waals surface area contributed by atoms with Crippen LogP contribution in [0.25, 0.3) is 0 Å². The van der Waals surface area contributed by atoms with E-state index >= 15 is 0 Å². The first kappa shape index (κ1) is 16.5. The quantitative estimate of drug-likeness (QED) is 0.804. The van der Waals surface area contributed by atoms with Gasteiger partial charge in [0.15, 0.2) is 0 Å². The number of nitrogens with two attached hydrogens (primary N) is 1. The Morgan fingerprint density at radius 1 is 1.37 bits per heavy atom. The van der Waals surface area contributed by atoms with Crippen LogP contribution in [0, 0.1) is 5.92 Å². The summed E-state index contributed by atoms with van der Waals surface area (Å²) in [6.45, 7) is 4.07. The zero-order valence-electron chi connectivity index (χ0n) is 11.2. The fourth-order valence-corrected chi connectivity index (χ4v) is 2.88. The largest absolute Gasteiger partial charge is 0.495 e. The van der Waals surface area contributed by atoms with Gasteiger partial charge < -0.3 is 15.8 Å². The maximum Gasteiger partial charge on any atom is 0.241 e. The van der Waals surface area contributed by atoms with Gasteiger partial charge in [0.25, 0.3) is 0 Å². The highest BCUT2D eigenvalue weighted by Crippen LogP contribution is 2.34. The molecule has 0 aliphatic heterocycles. The molecular formula is C13H18Br2N2O2. The van der Waals surface area contributed by atoms with E-state index in [9.17, 15) is 4.79 Å². The summed E-state index contributed by atoms with van der Waals surface area (Å²) in [5, 5.41) is 2.81. The van der Waals surface area contributed by atoms with Crippen molar-refractivity contribution >= 4 is 43.5 Å². The number of carbonyl (C=O) groups excluding carboxylic acids is 1. The Kier molecular flexibility index (Phi) is 6.29. The first-order valence-corrected chi connectivity index (χ1v) is 7.53. The predicted octanol–water partition coefficient (Wildman–Crippen LogP) is 3.53. The maximum atomic E-state index is 12.0. The number of carbonyl (C=O) groups is 1. The first-order valence-electron chi connectivity index (χ1n) is 5.94. The highest BCUT2D eigenvalue weighted by atomic mass is 79.9. The summed E-state index contributed by atoms with van der Waals surface area (Å²) < 4.78 is 6.78. The minimum absolute atomic E-state index is 0.196. The third-order valence-electron chi connectivity index (χ3n) is 2.56. The monoisotopic (exact) mass is 392 g/mol. The summed E-state index contributed by atoms with van der Waals surface area (Å²) in [5.74, 6) is 0.832. The first-order chi connectivity index (χ1) is 8.85. The highest BCUT2D eigenvalue weighted by Gasteiger charge is 2.17. The highest BCUT2D eigenvalue weighted by molar-refractivity contribution is 9.11. The molecule has 1 aromatic rings. The molecule has 1 aromatic carbocycles. The van der Waals surface area contributed by atoms with Crippen LogP contribution < -0.4 is 15.8 Å². The second kappa shape index (κ2) is 7.26. The molecule has 1 atom stereocenters. The molecule has 0 saturated heterocycles.